The van der Waals surface area contributed by atoms with Gasteiger partial charge in [-0.1, -0.05) is 58.2 Å². The minimum Gasteiger partial charge on any atom is -0.493 e. The fourth-order valence-electron chi connectivity index (χ4n) is 2.63. The van der Waals surface area contributed by atoms with Crippen molar-refractivity contribution in [3.05, 3.63) is 29.8 Å². The smallest absolute Gasteiger partial charge is 0.124 e. The molecule has 0 aliphatic rings. The summed E-state index contributed by atoms with van der Waals surface area (Å²) in [7, 11) is 0. The zero-order chi connectivity index (χ0) is 14.8. The molecule has 0 saturated heterocycles. The number of ether oxygens (including phenoxy) is 1. The van der Waals surface area contributed by atoms with E-state index >= 15 is 0 Å². The average molecular weight is 278 g/mol. The first kappa shape index (κ1) is 17.0. The van der Waals surface area contributed by atoms with E-state index in [0.29, 0.717) is 5.92 Å². The van der Waals surface area contributed by atoms with Gasteiger partial charge in [-0.25, -0.2) is 0 Å². The lowest BCUT2D eigenvalue weighted by atomic mass is 9.87. The Kier molecular flexibility index (Phi) is 8.31. The highest BCUT2D eigenvalue weighted by Gasteiger charge is 2.23. The highest BCUT2D eigenvalue weighted by atomic mass is 16.5. The van der Waals surface area contributed by atoms with Crippen LogP contribution in [0.3, 0.4) is 0 Å². The van der Waals surface area contributed by atoms with E-state index in [0.717, 1.165) is 25.2 Å². The first-order valence-electron chi connectivity index (χ1n) is 7.96. The molecule has 0 aliphatic heterocycles. The molecule has 20 heavy (non-hydrogen) atoms. The first-order chi connectivity index (χ1) is 9.78. The predicted molar refractivity (Wildman–Crippen MR) is 85.6 cm³/mol. The number of benzene rings is 1. The zero-order valence-electron chi connectivity index (χ0n) is 13.2. The molecule has 2 atom stereocenters. The van der Waals surface area contributed by atoms with Crippen molar-refractivity contribution in [2.24, 2.45) is 11.8 Å². The van der Waals surface area contributed by atoms with Gasteiger partial charge in [-0.2, -0.15) is 0 Å². The van der Waals surface area contributed by atoms with Crippen LogP contribution in [-0.2, 0) is 0 Å². The van der Waals surface area contributed by atoms with E-state index in [4.69, 9.17) is 10.6 Å². The van der Waals surface area contributed by atoms with Gasteiger partial charge in [0.05, 0.1) is 12.6 Å². The Morgan fingerprint density at radius 1 is 1.15 bits per heavy atom. The Morgan fingerprint density at radius 3 is 2.50 bits per heavy atom. The molecule has 3 N–H and O–H groups in total. The van der Waals surface area contributed by atoms with Gasteiger partial charge in [-0.15, -0.1) is 0 Å². The van der Waals surface area contributed by atoms with Crippen LogP contribution in [0.15, 0.2) is 24.3 Å². The number of rotatable bonds is 10. The summed E-state index contributed by atoms with van der Waals surface area (Å²) in [5, 5.41) is 0. The molecule has 0 spiro atoms. The molecule has 2 unspecified atom stereocenters. The Labute approximate surface area is 123 Å². The molecule has 0 aliphatic carbocycles. The number of para-hydroxylation sites is 1. The summed E-state index contributed by atoms with van der Waals surface area (Å²) in [4.78, 5) is 0. The van der Waals surface area contributed by atoms with E-state index in [9.17, 15) is 0 Å². The fourth-order valence-corrected chi connectivity index (χ4v) is 2.63. The molecule has 1 rings (SSSR count). The van der Waals surface area contributed by atoms with Crippen molar-refractivity contribution >= 4 is 0 Å². The quantitative estimate of drug-likeness (QED) is 0.498. The summed E-state index contributed by atoms with van der Waals surface area (Å²) in [6, 6.07) is 8.42. The largest absolute Gasteiger partial charge is 0.493 e. The molecule has 1 aromatic carbocycles. The maximum Gasteiger partial charge on any atom is 0.124 e. The summed E-state index contributed by atoms with van der Waals surface area (Å²) in [5.74, 6) is 7.36. The van der Waals surface area contributed by atoms with Gasteiger partial charge in [0.25, 0.3) is 0 Å². The van der Waals surface area contributed by atoms with Crippen LogP contribution in [-0.4, -0.2) is 6.61 Å². The van der Waals surface area contributed by atoms with Gasteiger partial charge in [-0.3, -0.25) is 11.3 Å². The molecule has 0 heterocycles. The van der Waals surface area contributed by atoms with Crippen molar-refractivity contribution in [3.63, 3.8) is 0 Å². The second-order valence-electron chi connectivity index (χ2n) is 5.34. The van der Waals surface area contributed by atoms with E-state index in [1.807, 2.05) is 12.1 Å². The number of hydrogen-bond acceptors (Lipinski definition) is 3. The SMILES string of the molecule is CCCCC(CC)C(NN)c1ccccc1OCCC. The minimum atomic E-state index is 0.166. The predicted octanol–water partition coefficient (Wildman–Crippen LogP) is 4.20. The molecule has 114 valence electrons. The van der Waals surface area contributed by atoms with Crippen molar-refractivity contribution in [1.29, 1.82) is 0 Å². The Morgan fingerprint density at radius 2 is 1.90 bits per heavy atom. The van der Waals surface area contributed by atoms with E-state index < -0.39 is 0 Å². The van der Waals surface area contributed by atoms with Crippen molar-refractivity contribution < 1.29 is 4.74 Å². The van der Waals surface area contributed by atoms with Gasteiger partial charge in [-0.05, 0) is 24.8 Å². The van der Waals surface area contributed by atoms with E-state index in [1.165, 1.54) is 24.8 Å². The average Bonchev–Trinajstić information content (AvgIpc) is 2.50. The van der Waals surface area contributed by atoms with Gasteiger partial charge in [0, 0.05) is 5.56 Å². The Hall–Kier alpha value is -1.06. The molecule has 3 nitrogen and oxygen atoms in total. The van der Waals surface area contributed by atoms with E-state index in [-0.39, 0.29) is 6.04 Å². The highest BCUT2D eigenvalue weighted by Crippen LogP contribution is 2.33. The topological polar surface area (TPSA) is 47.3 Å². The van der Waals surface area contributed by atoms with Crippen LogP contribution >= 0.6 is 0 Å². The number of hydrogen-bond donors (Lipinski definition) is 2. The summed E-state index contributed by atoms with van der Waals surface area (Å²) >= 11 is 0. The van der Waals surface area contributed by atoms with Gasteiger partial charge in [0.15, 0.2) is 0 Å². The molecule has 0 bridgehead atoms. The van der Waals surface area contributed by atoms with Gasteiger partial charge in [0.1, 0.15) is 5.75 Å². The molecule has 0 radical (unpaired) electrons. The summed E-state index contributed by atoms with van der Waals surface area (Å²) in [5.41, 5.74) is 4.20. The van der Waals surface area contributed by atoms with Gasteiger partial charge in [0.2, 0.25) is 0 Å². The van der Waals surface area contributed by atoms with Gasteiger partial charge >= 0.3 is 0 Å². The molecule has 3 heteroatoms. The second kappa shape index (κ2) is 9.78. The molecular weight excluding hydrogens is 248 g/mol. The van der Waals surface area contributed by atoms with Crippen LogP contribution < -0.4 is 16.0 Å². The van der Waals surface area contributed by atoms with Crippen molar-refractivity contribution in [3.8, 4) is 5.75 Å². The van der Waals surface area contributed by atoms with E-state index in [2.05, 4.69) is 38.3 Å². The third kappa shape index (κ3) is 4.80. The number of nitrogens with two attached hydrogens (primary N) is 1. The fraction of sp³-hybridized carbons (Fsp3) is 0.647. The highest BCUT2D eigenvalue weighted by molar-refractivity contribution is 5.36. The van der Waals surface area contributed by atoms with Crippen molar-refractivity contribution in [2.75, 3.05) is 6.61 Å². The van der Waals surface area contributed by atoms with Crippen LogP contribution in [0.2, 0.25) is 0 Å². The third-order valence-corrected chi connectivity index (χ3v) is 3.82. The molecule has 0 fully saturated rings. The molecule has 0 amide bonds. The minimum absolute atomic E-state index is 0.166. The summed E-state index contributed by atoms with van der Waals surface area (Å²) < 4.78 is 5.87. The lowest BCUT2D eigenvalue weighted by molar-refractivity contribution is 0.288. The van der Waals surface area contributed by atoms with Crippen LogP contribution in [0.1, 0.15) is 64.5 Å². The zero-order valence-corrected chi connectivity index (χ0v) is 13.2. The van der Waals surface area contributed by atoms with Crippen LogP contribution in [0.5, 0.6) is 5.75 Å². The first-order valence-corrected chi connectivity index (χ1v) is 7.96. The number of unbranched alkanes of at least 4 members (excludes halogenated alkanes) is 1. The van der Waals surface area contributed by atoms with Crippen molar-refractivity contribution in [2.45, 2.75) is 58.9 Å². The van der Waals surface area contributed by atoms with Crippen LogP contribution in [0.4, 0.5) is 0 Å². The van der Waals surface area contributed by atoms with Crippen LogP contribution in [0.25, 0.3) is 0 Å². The van der Waals surface area contributed by atoms with Crippen LogP contribution in [0, 0.1) is 5.92 Å². The van der Waals surface area contributed by atoms with E-state index in [1.54, 1.807) is 0 Å². The molecule has 0 aromatic heterocycles. The van der Waals surface area contributed by atoms with Gasteiger partial charge < -0.3 is 4.74 Å². The standard InChI is InChI=1S/C17H30N2O/c1-4-7-10-14(6-3)17(19-18)15-11-8-9-12-16(15)20-13-5-2/h8-9,11-12,14,17,19H,4-7,10,13,18H2,1-3H3. The number of hydrazine groups is 1. The monoisotopic (exact) mass is 278 g/mol. The maximum atomic E-state index is 5.87. The maximum absolute atomic E-state index is 5.87. The lowest BCUT2D eigenvalue weighted by Crippen LogP contribution is -2.33. The Bertz CT molecular complexity index is 368. The summed E-state index contributed by atoms with van der Waals surface area (Å²) in [6.07, 6.45) is 5.81. The third-order valence-electron chi connectivity index (χ3n) is 3.82. The van der Waals surface area contributed by atoms with Crippen molar-refractivity contribution in [1.82, 2.24) is 5.43 Å². The molecular formula is C17H30N2O. The lowest BCUT2D eigenvalue weighted by Gasteiger charge is -2.27. The second-order valence-corrected chi connectivity index (χ2v) is 5.34. The molecule has 0 saturated carbocycles. The molecule has 1 aromatic rings. The summed E-state index contributed by atoms with van der Waals surface area (Å²) in [6.45, 7) is 7.34. The normalized spacial score (nSPS) is 14.0. The number of nitrogens with one attached hydrogen (secondary N) is 1. The Balaban J connectivity index is 2.91.